The monoisotopic (exact) mass is 302 g/mol. The van der Waals surface area contributed by atoms with Gasteiger partial charge in [-0.1, -0.05) is 23.2 Å². The number of hydrogen-bond acceptors (Lipinski definition) is 3. The molecule has 1 aromatic rings. The van der Waals surface area contributed by atoms with Gasteiger partial charge in [0.05, 0.1) is 23.4 Å². The molecule has 1 aromatic carbocycles. The maximum atomic E-state index is 6.13. The third-order valence-corrected chi connectivity index (χ3v) is 3.90. The van der Waals surface area contributed by atoms with E-state index in [1.165, 1.54) is 0 Å². The van der Waals surface area contributed by atoms with Crippen LogP contribution in [0.2, 0.25) is 10.0 Å². The molecule has 1 fully saturated rings. The van der Waals surface area contributed by atoms with Crippen molar-refractivity contribution >= 4 is 28.9 Å². The second kappa shape index (κ2) is 6.80. The fourth-order valence-electron chi connectivity index (χ4n) is 2.19. The molecule has 0 amide bonds. The predicted octanol–water partition coefficient (Wildman–Crippen LogP) is 3.51. The van der Waals surface area contributed by atoms with Crippen molar-refractivity contribution in [1.29, 1.82) is 0 Å². The quantitative estimate of drug-likeness (QED) is 0.921. The molecule has 1 aliphatic rings. The first-order valence-corrected chi connectivity index (χ1v) is 7.36. The number of benzene rings is 1. The summed E-state index contributed by atoms with van der Waals surface area (Å²) in [7, 11) is 0. The van der Waals surface area contributed by atoms with Gasteiger partial charge >= 0.3 is 0 Å². The number of anilines is 1. The first-order chi connectivity index (χ1) is 9.06. The van der Waals surface area contributed by atoms with Gasteiger partial charge in [-0.05, 0) is 32.0 Å². The summed E-state index contributed by atoms with van der Waals surface area (Å²) in [5.74, 6) is 0. The average Bonchev–Trinajstić information content (AvgIpc) is 2.38. The molecule has 0 bridgehead atoms. The number of halogens is 2. The molecule has 1 N–H and O–H groups in total. The first-order valence-electron chi connectivity index (χ1n) is 6.61. The Hall–Kier alpha value is -0.480. The molecule has 2 rings (SSSR count). The van der Waals surface area contributed by atoms with Crippen molar-refractivity contribution in [2.45, 2.75) is 26.0 Å². The standard InChI is InChI=1S/C14H20Cl2N2O/c1-10(2)18-5-6-19-12(9-18)8-17-14-4-3-11(15)7-13(14)16/h3-4,7,10,12,17H,5-6,8-9H2,1-2H3. The molecule has 5 heteroatoms. The number of nitrogens with zero attached hydrogens (tertiary/aromatic N) is 1. The molecule has 0 radical (unpaired) electrons. The Morgan fingerprint density at radius 1 is 1.42 bits per heavy atom. The van der Waals surface area contributed by atoms with E-state index in [0.29, 0.717) is 16.1 Å². The zero-order valence-electron chi connectivity index (χ0n) is 11.3. The molecule has 1 atom stereocenters. The van der Waals surface area contributed by atoms with Crippen LogP contribution in [0.15, 0.2) is 18.2 Å². The van der Waals surface area contributed by atoms with E-state index in [1.807, 2.05) is 12.1 Å². The third kappa shape index (κ3) is 4.25. The summed E-state index contributed by atoms with van der Waals surface area (Å²) < 4.78 is 5.77. The van der Waals surface area contributed by atoms with Gasteiger partial charge in [0.2, 0.25) is 0 Å². The molecule has 0 aliphatic carbocycles. The summed E-state index contributed by atoms with van der Waals surface area (Å²) in [5, 5.41) is 4.62. The molecule has 0 spiro atoms. The van der Waals surface area contributed by atoms with E-state index in [-0.39, 0.29) is 6.10 Å². The van der Waals surface area contributed by atoms with Crippen LogP contribution in [-0.2, 0) is 4.74 Å². The molecule has 1 unspecified atom stereocenters. The molecule has 19 heavy (non-hydrogen) atoms. The summed E-state index contributed by atoms with van der Waals surface area (Å²) in [6.07, 6.45) is 0.197. The topological polar surface area (TPSA) is 24.5 Å². The van der Waals surface area contributed by atoms with Gasteiger partial charge < -0.3 is 10.1 Å². The van der Waals surface area contributed by atoms with E-state index >= 15 is 0 Å². The Balaban J connectivity index is 1.88. The van der Waals surface area contributed by atoms with Crippen LogP contribution in [0.1, 0.15) is 13.8 Å². The largest absolute Gasteiger partial charge is 0.381 e. The molecule has 106 valence electrons. The summed E-state index contributed by atoms with van der Waals surface area (Å²) in [5.41, 5.74) is 0.899. The van der Waals surface area contributed by atoms with Crippen LogP contribution >= 0.6 is 23.2 Å². The van der Waals surface area contributed by atoms with Crippen LogP contribution in [0.5, 0.6) is 0 Å². The zero-order valence-corrected chi connectivity index (χ0v) is 12.8. The highest BCUT2D eigenvalue weighted by atomic mass is 35.5. The molecule has 0 aromatic heterocycles. The van der Waals surface area contributed by atoms with Crippen LogP contribution in [0.4, 0.5) is 5.69 Å². The number of nitrogens with one attached hydrogen (secondary N) is 1. The van der Waals surface area contributed by atoms with Gasteiger partial charge in [0.1, 0.15) is 0 Å². The van der Waals surface area contributed by atoms with E-state index in [2.05, 4.69) is 24.1 Å². The SMILES string of the molecule is CC(C)N1CCOC(CNc2ccc(Cl)cc2Cl)C1. The minimum Gasteiger partial charge on any atom is -0.381 e. The Bertz CT molecular complexity index is 426. The molecule has 0 saturated carbocycles. The number of morpholine rings is 1. The number of rotatable bonds is 4. The van der Waals surface area contributed by atoms with Gasteiger partial charge in [0.15, 0.2) is 0 Å². The van der Waals surface area contributed by atoms with Crippen LogP contribution in [0, 0.1) is 0 Å². The van der Waals surface area contributed by atoms with E-state index in [1.54, 1.807) is 6.07 Å². The molecule has 1 saturated heterocycles. The first kappa shape index (κ1) is 14.9. The van der Waals surface area contributed by atoms with Crippen molar-refractivity contribution in [2.24, 2.45) is 0 Å². The lowest BCUT2D eigenvalue weighted by Gasteiger charge is -2.35. The lowest BCUT2D eigenvalue weighted by molar-refractivity contribution is -0.0315. The van der Waals surface area contributed by atoms with Crippen LogP contribution < -0.4 is 5.32 Å². The van der Waals surface area contributed by atoms with Crippen LogP contribution in [0.25, 0.3) is 0 Å². The molecular weight excluding hydrogens is 283 g/mol. The maximum absolute atomic E-state index is 6.13. The van der Waals surface area contributed by atoms with E-state index in [0.717, 1.165) is 31.9 Å². The normalized spacial score (nSPS) is 20.8. The van der Waals surface area contributed by atoms with Gasteiger partial charge in [-0.3, -0.25) is 4.90 Å². The Morgan fingerprint density at radius 2 is 2.21 bits per heavy atom. The van der Waals surface area contributed by atoms with E-state index in [9.17, 15) is 0 Å². The van der Waals surface area contributed by atoms with Gasteiger partial charge in [-0.15, -0.1) is 0 Å². The minimum atomic E-state index is 0.197. The van der Waals surface area contributed by atoms with Gasteiger partial charge in [-0.25, -0.2) is 0 Å². The summed E-state index contributed by atoms with van der Waals surface area (Å²) in [4.78, 5) is 2.43. The predicted molar refractivity (Wildman–Crippen MR) is 81.4 cm³/mol. The number of hydrogen-bond donors (Lipinski definition) is 1. The highest BCUT2D eigenvalue weighted by molar-refractivity contribution is 6.36. The summed E-state index contributed by atoms with van der Waals surface area (Å²) in [6, 6.07) is 6.03. The van der Waals surface area contributed by atoms with Crippen molar-refractivity contribution < 1.29 is 4.74 Å². The molecular formula is C14H20Cl2N2O. The van der Waals surface area contributed by atoms with E-state index in [4.69, 9.17) is 27.9 Å². The highest BCUT2D eigenvalue weighted by Gasteiger charge is 2.22. The maximum Gasteiger partial charge on any atom is 0.0874 e. The second-order valence-electron chi connectivity index (χ2n) is 5.09. The van der Waals surface area contributed by atoms with Gasteiger partial charge in [0.25, 0.3) is 0 Å². The average molecular weight is 303 g/mol. The minimum absolute atomic E-state index is 0.197. The fourth-order valence-corrected chi connectivity index (χ4v) is 2.67. The smallest absolute Gasteiger partial charge is 0.0874 e. The Labute approximate surface area is 124 Å². The van der Waals surface area contributed by atoms with Crippen LogP contribution in [-0.4, -0.2) is 43.3 Å². The molecule has 3 nitrogen and oxygen atoms in total. The lowest BCUT2D eigenvalue weighted by atomic mass is 10.2. The summed E-state index contributed by atoms with van der Waals surface area (Å²) in [6.45, 7) is 7.94. The van der Waals surface area contributed by atoms with E-state index < -0.39 is 0 Å². The fraction of sp³-hybridized carbons (Fsp3) is 0.571. The molecule has 1 aliphatic heterocycles. The lowest BCUT2D eigenvalue weighted by Crippen LogP contribution is -2.48. The van der Waals surface area contributed by atoms with Crippen molar-refractivity contribution in [1.82, 2.24) is 4.90 Å². The summed E-state index contributed by atoms with van der Waals surface area (Å²) >= 11 is 12.0. The van der Waals surface area contributed by atoms with Crippen molar-refractivity contribution in [3.05, 3.63) is 28.2 Å². The van der Waals surface area contributed by atoms with Crippen molar-refractivity contribution in [3.8, 4) is 0 Å². The Morgan fingerprint density at radius 3 is 2.89 bits per heavy atom. The molecule has 1 heterocycles. The zero-order chi connectivity index (χ0) is 13.8. The third-order valence-electron chi connectivity index (χ3n) is 3.35. The highest BCUT2D eigenvalue weighted by Crippen LogP contribution is 2.25. The van der Waals surface area contributed by atoms with Crippen molar-refractivity contribution in [2.75, 3.05) is 31.6 Å². The van der Waals surface area contributed by atoms with Gasteiger partial charge in [-0.2, -0.15) is 0 Å². The van der Waals surface area contributed by atoms with Crippen molar-refractivity contribution in [3.63, 3.8) is 0 Å². The van der Waals surface area contributed by atoms with Gasteiger partial charge in [0, 0.05) is 30.7 Å². The Kier molecular flexibility index (Phi) is 5.34. The number of ether oxygens (including phenoxy) is 1. The van der Waals surface area contributed by atoms with Crippen LogP contribution in [0.3, 0.4) is 0 Å². The second-order valence-corrected chi connectivity index (χ2v) is 5.93.